The van der Waals surface area contributed by atoms with Crippen LogP contribution in [0.1, 0.15) is 10.5 Å². The first-order valence-corrected chi connectivity index (χ1v) is 8.71. The van der Waals surface area contributed by atoms with Crippen LogP contribution >= 0.6 is 38.6 Å². The predicted molar refractivity (Wildman–Crippen MR) is 87.7 cm³/mol. The monoisotopic (exact) mass is 382 g/mol. The zero-order valence-electron chi connectivity index (χ0n) is 10.8. The first kappa shape index (κ1) is 14.4. The van der Waals surface area contributed by atoms with Crippen LogP contribution < -0.4 is 5.32 Å². The molecule has 1 N–H and O–H groups in total. The van der Waals surface area contributed by atoms with Crippen molar-refractivity contribution in [2.75, 3.05) is 6.54 Å². The fourth-order valence-corrected chi connectivity index (χ4v) is 4.03. The molecule has 0 atom stereocenters. The minimum absolute atomic E-state index is 0.145. The van der Waals surface area contributed by atoms with Crippen LogP contribution in [0.2, 0.25) is 0 Å². The van der Waals surface area contributed by atoms with Crippen molar-refractivity contribution in [3.05, 3.63) is 45.7 Å². The molecule has 108 valence electrons. The number of imidazole rings is 1. The van der Waals surface area contributed by atoms with Gasteiger partial charge in [0.25, 0.3) is 5.91 Å². The van der Waals surface area contributed by atoms with E-state index in [0.717, 1.165) is 14.4 Å². The highest BCUT2D eigenvalue weighted by Crippen LogP contribution is 2.31. The number of carbonyl (C=O) groups excluding carboxylic acids is 1. The molecule has 3 rings (SSSR count). The summed E-state index contributed by atoms with van der Waals surface area (Å²) in [5.74, 6) is -0.145. The van der Waals surface area contributed by atoms with Gasteiger partial charge in [-0.25, -0.2) is 9.97 Å². The summed E-state index contributed by atoms with van der Waals surface area (Å²) in [6.45, 7) is 1.24. The summed E-state index contributed by atoms with van der Waals surface area (Å²) in [5, 5.41) is 7.51. The predicted octanol–water partition coefficient (Wildman–Crippen LogP) is 3.26. The number of aromatic nitrogens is 3. The Kier molecular flexibility index (Phi) is 4.47. The van der Waals surface area contributed by atoms with Crippen molar-refractivity contribution in [2.45, 2.75) is 6.54 Å². The Labute approximate surface area is 137 Å². The third kappa shape index (κ3) is 3.58. The fourth-order valence-electron chi connectivity index (χ4n) is 1.72. The van der Waals surface area contributed by atoms with Crippen molar-refractivity contribution in [3.63, 3.8) is 0 Å². The van der Waals surface area contributed by atoms with Crippen LogP contribution in [-0.2, 0) is 6.54 Å². The number of halogens is 1. The molecule has 0 radical (unpaired) electrons. The third-order valence-electron chi connectivity index (χ3n) is 2.73. The second-order valence-corrected chi connectivity index (χ2v) is 6.91. The molecule has 3 aromatic rings. The van der Waals surface area contributed by atoms with Crippen LogP contribution in [0.3, 0.4) is 0 Å². The van der Waals surface area contributed by atoms with Crippen LogP contribution in [0.5, 0.6) is 0 Å². The average molecular weight is 383 g/mol. The zero-order chi connectivity index (χ0) is 14.7. The highest BCUT2D eigenvalue weighted by Gasteiger charge is 2.12. The van der Waals surface area contributed by atoms with Crippen LogP contribution in [-0.4, -0.2) is 27.0 Å². The molecule has 0 aliphatic heterocycles. The van der Waals surface area contributed by atoms with E-state index in [9.17, 15) is 4.79 Å². The van der Waals surface area contributed by atoms with Crippen LogP contribution in [0.25, 0.3) is 9.88 Å². The van der Waals surface area contributed by atoms with Gasteiger partial charge in [-0.2, -0.15) is 0 Å². The molecule has 0 aliphatic carbocycles. The normalized spacial score (nSPS) is 10.7. The van der Waals surface area contributed by atoms with Crippen LogP contribution in [0.4, 0.5) is 0 Å². The van der Waals surface area contributed by atoms with E-state index in [4.69, 9.17) is 0 Å². The number of nitrogens with one attached hydrogen (secondary N) is 1. The summed E-state index contributed by atoms with van der Waals surface area (Å²) in [6, 6.07) is 2.00. The molecule has 0 aromatic carbocycles. The van der Waals surface area contributed by atoms with E-state index in [1.54, 1.807) is 29.2 Å². The maximum Gasteiger partial charge on any atom is 0.270 e. The van der Waals surface area contributed by atoms with Gasteiger partial charge in [0.05, 0.1) is 11.2 Å². The summed E-state index contributed by atoms with van der Waals surface area (Å²) in [6.07, 6.45) is 5.30. The second kappa shape index (κ2) is 6.50. The summed E-state index contributed by atoms with van der Waals surface area (Å²) in [4.78, 5) is 21.4. The Morgan fingerprint density at radius 2 is 2.29 bits per heavy atom. The van der Waals surface area contributed by atoms with Gasteiger partial charge in [-0.15, -0.1) is 22.7 Å². The zero-order valence-corrected chi connectivity index (χ0v) is 14.0. The van der Waals surface area contributed by atoms with Crippen molar-refractivity contribution >= 4 is 44.5 Å². The summed E-state index contributed by atoms with van der Waals surface area (Å²) in [7, 11) is 0. The lowest BCUT2D eigenvalue weighted by Gasteiger charge is -2.03. The quantitative estimate of drug-likeness (QED) is 0.736. The largest absolute Gasteiger partial charge is 0.349 e. The molecule has 3 aromatic heterocycles. The van der Waals surface area contributed by atoms with Crippen LogP contribution in [0.15, 0.2) is 40.0 Å². The summed E-state index contributed by atoms with van der Waals surface area (Å²) >= 11 is 6.50. The molecule has 0 bridgehead atoms. The maximum absolute atomic E-state index is 12.0. The first-order chi connectivity index (χ1) is 10.2. The molecule has 0 saturated carbocycles. The highest BCUT2D eigenvalue weighted by molar-refractivity contribution is 9.10. The van der Waals surface area contributed by atoms with E-state index in [-0.39, 0.29) is 5.91 Å². The van der Waals surface area contributed by atoms with Gasteiger partial charge in [0.1, 0.15) is 10.7 Å². The van der Waals surface area contributed by atoms with Gasteiger partial charge in [-0.3, -0.25) is 4.79 Å². The smallest absolute Gasteiger partial charge is 0.270 e. The van der Waals surface area contributed by atoms with Gasteiger partial charge in [0, 0.05) is 40.7 Å². The molecule has 0 fully saturated rings. The molecule has 0 aliphatic rings. The van der Waals surface area contributed by atoms with Gasteiger partial charge in [-0.05, 0) is 22.0 Å². The number of thiophene rings is 1. The molecular weight excluding hydrogens is 372 g/mol. The lowest BCUT2D eigenvalue weighted by atomic mass is 10.4. The summed E-state index contributed by atoms with van der Waals surface area (Å²) in [5.41, 5.74) is 0.463. The highest BCUT2D eigenvalue weighted by atomic mass is 79.9. The van der Waals surface area contributed by atoms with Crippen LogP contribution in [0, 0.1) is 0 Å². The molecule has 0 saturated heterocycles. The molecule has 5 nitrogen and oxygen atoms in total. The lowest BCUT2D eigenvalue weighted by molar-refractivity contribution is 0.0948. The minimum Gasteiger partial charge on any atom is -0.349 e. The molecule has 21 heavy (non-hydrogen) atoms. The Morgan fingerprint density at radius 3 is 3.00 bits per heavy atom. The fraction of sp³-hybridized carbons (Fsp3) is 0.154. The number of rotatable bonds is 5. The van der Waals surface area contributed by atoms with Crippen molar-refractivity contribution in [3.8, 4) is 9.88 Å². The van der Waals surface area contributed by atoms with E-state index in [1.165, 1.54) is 11.3 Å². The van der Waals surface area contributed by atoms with Crippen molar-refractivity contribution in [1.29, 1.82) is 0 Å². The number of amides is 1. The van der Waals surface area contributed by atoms with Gasteiger partial charge in [-0.1, -0.05) is 0 Å². The molecule has 8 heteroatoms. The Bertz CT molecular complexity index is 735. The minimum atomic E-state index is -0.145. The Morgan fingerprint density at radius 1 is 1.38 bits per heavy atom. The SMILES string of the molecule is O=C(NCCn1ccnc1)c1csc(-c2cc(Br)cs2)n1. The molecule has 1 amide bonds. The Balaban J connectivity index is 1.59. The average Bonchev–Trinajstić information content (AvgIpc) is 3.19. The van der Waals surface area contributed by atoms with Crippen molar-refractivity contribution < 1.29 is 4.79 Å². The lowest BCUT2D eigenvalue weighted by Crippen LogP contribution is -2.27. The second-order valence-electron chi connectivity index (χ2n) is 4.22. The van der Waals surface area contributed by atoms with E-state index in [1.807, 2.05) is 22.2 Å². The van der Waals surface area contributed by atoms with Gasteiger partial charge in [0.15, 0.2) is 0 Å². The maximum atomic E-state index is 12.0. The van der Waals surface area contributed by atoms with E-state index in [0.29, 0.717) is 18.8 Å². The third-order valence-corrected chi connectivity index (χ3v) is 5.43. The molecule has 0 unspecified atom stereocenters. The first-order valence-electron chi connectivity index (χ1n) is 6.16. The number of carbonyl (C=O) groups is 1. The van der Waals surface area contributed by atoms with E-state index in [2.05, 4.69) is 31.2 Å². The molecule has 3 heterocycles. The van der Waals surface area contributed by atoms with Gasteiger partial charge in [0.2, 0.25) is 0 Å². The number of hydrogen-bond acceptors (Lipinski definition) is 5. The standard InChI is InChI=1S/C13H11BrN4OS2/c14-9-5-11(20-6-9)13-17-10(7-21-13)12(19)16-2-4-18-3-1-15-8-18/h1,3,5-8H,2,4H2,(H,16,19). The number of thiazole rings is 1. The summed E-state index contributed by atoms with van der Waals surface area (Å²) < 4.78 is 2.94. The van der Waals surface area contributed by atoms with Crippen molar-refractivity contribution in [1.82, 2.24) is 19.9 Å². The number of hydrogen-bond donors (Lipinski definition) is 1. The van der Waals surface area contributed by atoms with Gasteiger partial charge >= 0.3 is 0 Å². The van der Waals surface area contributed by atoms with E-state index >= 15 is 0 Å². The molecule has 0 spiro atoms. The van der Waals surface area contributed by atoms with Crippen molar-refractivity contribution in [2.24, 2.45) is 0 Å². The number of nitrogens with zero attached hydrogens (tertiary/aromatic N) is 3. The topological polar surface area (TPSA) is 59.8 Å². The van der Waals surface area contributed by atoms with Gasteiger partial charge < -0.3 is 9.88 Å². The van der Waals surface area contributed by atoms with E-state index < -0.39 is 0 Å². The Hall–Kier alpha value is -1.51. The molecular formula is C13H11BrN4OS2.